The zero-order valence-electron chi connectivity index (χ0n) is 6.70. The fraction of sp³-hybridized carbons (Fsp3) is 0.111. The molecular weight excluding hydrogens is 154 g/mol. The molecular formula is C9H9NO2. The minimum absolute atomic E-state index is 0.550. The molecule has 0 aliphatic heterocycles. The van der Waals surface area contributed by atoms with Crippen LogP contribution >= 0.6 is 0 Å². The molecule has 0 radical (unpaired) electrons. The Morgan fingerprint density at radius 3 is 2.75 bits per heavy atom. The molecule has 62 valence electrons. The molecule has 0 amide bonds. The molecule has 1 aromatic rings. The number of carbonyl (C=O) groups is 1. The van der Waals surface area contributed by atoms with E-state index in [4.69, 9.17) is 10.1 Å². The lowest BCUT2D eigenvalue weighted by atomic mass is 10.1. The van der Waals surface area contributed by atoms with Crippen molar-refractivity contribution in [3.05, 3.63) is 29.3 Å². The largest absolute Gasteiger partial charge is 0.496 e. The molecule has 0 unspecified atom stereocenters. The van der Waals surface area contributed by atoms with E-state index >= 15 is 0 Å². The highest BCUT2D eigenvalue weighted by Crippen LogP contribution is 2.16. The predicted molar refractivity (Wildman–Crippen MR) is 46.3 cm³/mol. The van der Waals surface area contributed by atoms with E-state index in [1.165, 1.54) is 7.11 Å². The quantitative estimate of drug-likeness (QED) is 0.542. The molecule has 0 fully saturated rings. The van der Waals surface area contributed by atoms with Gasteiger partial charge in [0, 0.05) is 17.3 Å². The average molecular weight is 163 g/mol. The number of nitrogens with one attached hydrogen (secondary N) is 1. The third-order valence-corrected chi connectivity index (χ3v) is 1.55. The van der Waals surface area contributed by atoms with Crippen LogP contribution in [0.3, 0.4) is 0 Å². The van der Waals surface area contributed by atoms with Crippen molar-refractivity contribution in [2.45, 2.75) is 0 Å². The first kappa shape index (κ1) is 8.46. The van der Waals surface area contributed by atoms with E-state index in [0.717, 1.165) is 12.5 Å². The van der Waals surface area contributed by atoms with E-state index in [1.54, 1.807) is 18.2 Å². The van der Waals surface area contributed by atoms with Crippen LogP contribution in [0.4, 0.5) is 0 Å². The van der Waals surface area contributed by atoms with Gasteiger partial charge in [0.25, 0.3) is 0 Å². The third-order valence-electron chi connectivity index (χ3n) is 1.55. The van der Waals surface area contributed by atoms with Crippen LogP contribution in [0, 0.1) is 5.41 Å². The van der Waals surface area contributed by atoms with Crippen LogP contribution in [-0.4, -0.2) is 19.6 Å². The maximum atomic E-state index is 10.4. The summed E-state index contributed by atoms with van der Waals surface area (Å²) in [5, 5.41) is 7.04. The van der Waals surface area contributed by atoms with Gasteiger partial charge in [0.1, 0.15) is 12.0 Å². The Hall–Kier alpha value is -1.64. The van der Waals surface area contributed by atoms with Crippen LogP contribution in [0.5, 0.6) is 5.75 Å². The van der Waals surface area contributed by atoms with Gasteiger partial charge < -0.3 is 10.1 Å². The van der Waals surface area contributed by atoms with E-state index in [2.05, 4.69) is 0 Å². The zero-order chi connectivity index (χ0) is 8.97. The molecule has 0 spiro atoms. The molecule has 3 heteroatoms. The molecule has 0 aliphatic carbocycles. The van der Waals surface area contributed by atoms with Crippen LogP contribution in [0.2, 0.25) is 0 Å². The Balaban J connectivity index is 3.18. The van der Waals surface area contributed by atoms with E-state index in [-0.39, 0.29) is 0 Å². The molecule has 3 nitrogen and oxygen atoms in total. The lowest BCUT2D eigenvalue weighted by molar-refractivity contribution is 0.112. The van der Waals surface area contributed by atoms with Crippen molar-refractivity contribution in [2.75, 3.05) is 7.11 Å². The molecule has 0 bridgehead atoms. The monoisotopic (exact) mass is 163 g/mol. The number of ether oxygens (including phenoxy) is 1. The number of hydrogen-bond donors (Lipinski definition) is 1. The number of benzene rings is 1. The van der Waals surface area contributed by atoms with E-state index < -0.39 is 0 Å². The van der Waals surface area contributed by atoms with Crippen molar-refractivity contribution in [1.82, 2.24) is 0 Å². The first-order chi connectivity index (χ1) is 5.81. The van der Waals surface area contributed by atoms with Crippen molar-refractivity contribution in [2.24, 2.45) is 0 Å². The Labute approximate surface area is 70.5 Å². The van der Waals surface area contributed by atoms with E-state index in [0.29, 0.717) is 16.9 Å². The molecule has 1 N–H and O–H groups in total. The molecule has 0 aliphatic rings. The molecule has 0 saturated heterocycles. The first-order valence-corrected chi connectivity index (χ1v) is 3.45. The fourth-order valence-electron chi connectivity index (χ4n) is 0.939. The maximum absolute atomic E-state index is 10.4. The van der Waals surface area contributed by atoms with Crippen molar-refractivity contribution >= 4 is 12.5 Å². The second-order valence-corrected chi connectivity index (χ2v) is 2.26. The number of carbonyl (C=O) groups excluding carboxylic acids is 1. The summed E-state index contributed by atoms with van der Waals surface area (Å²) in [6, 6.07) is 4.93. The fourth-order valence-corrected chi connectivity index (χ4v) is 0.939. The molecule has 1 aromatic carbocycles. The second kappa shape index (κ2) is 3.67. The minimum Gasteiger partial charge on any atom is -0.496 e. The highest BCUT2D eigenvalue weighted by atomic mass is 16.5. The Morgan fingerprint density at radius 1 is 1.50 bits per heavy atom. The normalized spacial score (nSPS) is 9.08. The van der Waals surface area contributed by atoms with E-state index in [9.17, 15) is 4.79 Å². The minimum atomic E-state index is 0.550. The first-order valence-electron chi connectivity index (χ1n) is 3.45. The maximum Gasteiger partial charge on any atom is 0.150 e. The molecule has 0 heterocycles. The van der Waals surface area contributed by atoms with Gasteiger partial charge in [0.05, 0.1) is 7.11 Å². The van der Waals surface area contributed by atoms with Gasteiger partial charge in [0.2, 0.25) is 0 Å². The van der Waals surface area contributed by atoms with Crippen LogP contribution < -0.4 is 4.74 Å². The SMILES string of the molecule is COc1ccc(C=O)cc1C=N. The molecule has 0 saturated carbocycles. The van der Waals surface area contributed by atoms with Gasteiger partial charge in [-0.3, -0.25) is 4.79 Å². The van der Waals surface area contributed by atoms with Crippen LogP contribution in [0.1, 0.15) is 15.9 Å². The summed E-state index contributed by atoms with van der Waals surface area (Å²) < 4.78 is 4.97. The van der Waals surface area contributed by atoms with Crippen LogP contribution in [0.25, 0.3) is 0 Å². The standard InChI is InChI=1S/C9H9NO2/c1-12-9-3-2-7(6-11)4-8(9)5-10/h2-6,10H,1H3. The summed E-state index contributed by atoms with van der Waals surface area (Å²) in [5.41, 5.74) is 1.16. The van der Waals surface area contributed by atoms with Gasteiger partial charge in [-0.2, -0.15) is 0 Å². The van der Waals surface area contributed by atoms with Crippen molar-refractivity contribution in [3.63, 3.8) is 0 Å². The zero-order valence-corrected chi connectivity index (χ0v) is 6.70. The number of rotatable bonds is 3. The number of methoxy groups -OCH3 is 1. The Kier molecular flexibility index (Phi) is 2.58. The summed E-state index contributed by atoms with van der Waals surface area (Å²) in [6.07, 6.45) is 1.90. The number of hydrogen-bond acceptors (Lipinski definition) is 3. The van der Waals surface area contributed by atoms with Gasteiger partial charge in [-0.1, -0.05) is 0 Å². The van der Waals surface area contributed by atoms with Gasteiger partial charge in [-0.05, 0) is 18.2 Å². The van der Waals surface area contributed by atoms with Gasteiger partial charge in [0.15, 0.2) is 0 Å². The highest BCUT2D eigenvalue weighted by Gasteiger charge is 2.00. The Morgan fingerprint density at radius 2 is 2.25 bits per heavy atom. The van der Waals surface area contributed by atoms with Gasteiger partial charge in [-0.15, -0.1) is 0 Å². The summed E-state index contributed by atoms with van der Waals surface area (Å²) in [6.45, 7) is 0. The highest BCUT2D eigenvalue weighted by molar-refractivity contribution is 5.85. The van der Waals surface area contributed by atoms with Gasteiger partial charge in [-0.25, -0.2) is 0 Å². The lowest BCUT2D eigenvalue weighted by Gasteiger charge is -2.03. The molecule has 0 aromatic heterocycles. The summed E-state index contributed by atoms with van der Waals surface area (Å²) in [4.78, 5) is 10.4. The third kappa shape index (κ3) is 1.50. The van der Waals surface area contributed by atoms with Crippen molar-refractivity contribution in [1.29, 1.82) is 5.41 Å². The van der Waals surface area contributed by atoms with Gasteiger partial charge >= 0.3 is 0 Å². The number of aldehydes is 1. The molecule has 12 heavy (non-hydrogen) atoms. The Bertz CT molecular complexity index is 307. The predicted octanol–water partition coefficient (Wildman–Crippen LogP) is 1.51. The van der Waals surface area contributed by atoms with Crippen molar-refractivity contribution < 1.29 is 9.53 Å². The smallest absolute Gasteiger partial charge is 0.150 e. The summed E-state index contributed by atoms with van der Waals surface area (Å²) in [7, 11) is 1.53. The summed E-state index contributed by atoms with van der Waals surface area (Å²) >= 11 is 0. The van der Waals surface area contributed by atoms with Crippen LogP contribution in [-0.2, 0) is 0 Å². The second-order valence-electron chi connectivity index (χ2n) is 2.26. The van der Waals surface area contributed by atoms with Crippen LogP contribution in [0.15, 0.2) is 18.2 Å². The molecule has 1 rings (SSSR count). The van der Waals surface area contributed by atoms with Crippen molar-refractivity contribution in [3.8, 4) is 5.75 Å². The lowest BCUT2D eigenvalue weighted by Crippen LogP contribution is -1.91. The molecule has 0 atom stereocenters. The van der Waals surface area contributed by atoms with E-state index in [1.807, 2.05) is 0 Å². The topological polar surface area (TPSA) is 50.2 Å². The summed E-state index contributed by atoms with van der Waals surface area (Å²) in [5.74, 6) is 0.607. The average Bonchev–Trinajstić information content (AvgIpc) is 2.16.